The number of amides is 2. The maximum atomic E-state index is 11.8. The summed E-state index contributed by atoms with van der Waals surface area (Å²) < 4.78 is 10.3. The van der Waals surface area contributed by atoms with Gasteiger partial charge in [-0.25, -0.2) is 4.79 Å². The Bertz CT molecular complexity index is 490. The van der Waals surface area contributed by atoms with Gasteiger partial charge in [-0.05, 0) is 17.5 Å². The minimum Gasteiger partial charge on any atom is -0.497 e. The molecule has 2 N–H and O–H groups in total. The smallest absolute Gasteiger partial charge is 0.323 e. The van der Waals surface area contributed by atoms with E-state index in [-0.39, 0.29) is 11.4 Å². The Kier molecular flexibility index (Phi) is 5.43. The van der Waals surface area contributed by atoms with Crippen molar-refractivity contribution >= 4 is 11.7 Å². The number of allylic oxidation sites excluding steroid dienone is 1. The summed E-state index contributed by atoms with van der Waals surface area (Å²) in [5, 5.41) is 5.37. The molecule has 0 spiro atoms. The van der Waals surface area contributed by atoms with E-state index in [1.54, 1.807) is 38.6 Å². The molecule has 0 aliphatic carbocycles. The van der Waals surface area contributed by atoms with Gasteiger partial charge in [0.2, 0.25) is 0 Å². The second-order valence-electron chi connectivity index (χ2n) is 5.36. The van der Waals surface area contributed by atoms with Crippen LogP contribution in [-0.4, -0.2) is 20.3 Å². The van der Waals surface area contributed by atoms with Gasteiger partial charge in [-0.1, -0.05) is 26.8 Å². The molecule has 0 fully saturated rings. The van der Waals surface area contributed by atoms with Crippen LogP contribution < -0.4 is 20.1 Å². The van der Waals surface area contributed by atoms with Gasteiger partial charge in [0.1, 0.15) is 11.5 Å². The van der Waals surface area contributed by atoms with Crippen LogP contribution in [0, 0.1) is 5.41 Å². The molecule has 0 saturated carbocycles. The van der Waals surface area contributed by atoms with E-state index in [9.17, 15) is 4.79 Å². The van der Waals surface area contributed by atoms with Gasteiger partial charge in [0.15, 0.2) is 0 Å². The summed E-state index contributed by atoms with van der Waals surface area (Å²) in [5.41, 5.74) is 0.564. The molecule has 20 heavy (non-hydrogen) atoms. The van der Waals surface area contributed by atoms with Crippen molar-refractivity contribution in [3.05, 3.63) is 30.5 Å². The van der Waals surface area contributed by atoms with Crippen molar-refractivity contribution in [2.45, 2.75) is 20.8 Å². The Hall–Kier alpha value is -2.17. The first-order valence-electron chi connectivity index (χ1n) is 6.33. The highest BCUT2D eigenvalue weighted by Crippen LogP contribution is 2.28. The fraction of sp³-hybridized carbons (Fsp3) is 0.400. The van der Waals surface area contributed by atoms with Crippen LogP contribution in [0.3, 0.4) is 0 Å². The standard InChI is InChI=1S/C15H22N2O3/c1-15(2,3)8-9-16-14(18)17-12-10-11(19-4)6-7-13(12)20-5/h6-10H,1-5H3,(H2,16,17,18)/b9-8+. The molecule has 0 heterocycles. The normalized spacial score (nSPS) is 11.2. The first-order valence-corrected chi connectivity index (χ1v) is 6.33. The van der Waals surface area contributed by atoms with Crippen LogP contribution in [0.25, 0.3) is 0 Å². The number of methoxy groups -OCH3 is 2. The molecule has 110 valence electrons. The molecule has 5 heteroatoms. The summed E-state index contributed by atoms with van der Waals surface area (Å²) in [6, 6.07) is 4.87. The topological polar surface area (TPSA) is 59.6 Å². The number of hydrogen-bond acceptors (Lipinski definition) is 3. The molecule has 1 aromatic carbocycles. The largest absolute Gasteiger partial charge is 0.497 e. The van der Waals surface area contributed by atoms with Crippen molar-refractivity contribution in [1.29, 1.82) is 0 Å². The van der Waals surface area contributed by atoms with Gasteiger partial charge in [0.25, 0.3) is 0 Å². The highest BCUT2D eigenvalue weighted by atomic mass is 16.5. The van der Waals surface area contributed by atoms with E-state index in [0.717, 1.165) is 0 Å². The Balaban J connectivity index is 2.72. The number of urea groups is 1. The van der Waals surface area contributed by atoms with Gasteiger partial charge in [0, 0.05) is 12.3 Å². The maximum absolute atomic E-state index is 11.8. The molecule has 0 aliphatic rings. The van der Waals surface area contributed by atoms with Crippen molar-refractivity contribution in [2.75, 3.05) is 19.5 Å². The van der Waals surface area contributed by atoms with Crippen LogP contribution in [0.5, 0.6) is 11.5 Å². The van der Waals surface area contributed by atoms with Crippen LogP contribution in [0.4, 0.5) is 10.5 Å². The lowest BCUT2D eigenvalue weighted by atomic mass is 9.97. The summed E-state index contributed by atoms with van der Waals surface area (Å²) >= 11 is 0. The minimum absolute atomic E-state index is 0.0148. The van der Waals surface area contributed by atoms with E-state index in [0.29, 0.717) is 17.2 Å². The minimum atomic E-state index is -0.336. The number of ether oxygens (including phenoxy) is 2. The van der Waals surface area contributed by atoms with Gasteiger partial charge in [-0.15, -0.1) is 0 Å². The van der Waals surface area contributed by atoms with Gasteiger partial charge in [0.05, 0.1) is 19.9 Å². The predicted octanol–water partition coefficient (Wildman–Crippen LogP) is 3.39. The van der Waals surface area contributed by atoms with Gasteiger partial charge in [-0.2, -0.15) is 0 Å². The number of rotatable bonds is 4. The Labute approximate surface area is 120 Å². The highest BCUT2D eigenvalue weighted by molar-refractivity contribution is 5.91. The van der Waals surface area contributed by atoms with Crippen LogP contribution in [0.2, 0.25) is 0 Å². The molecular weight excluding hydrogens is 256 g/mol. The zero-order valence-electron chi connectivity index (χ0n) is 12.6. The average Bonchev–Trinajstić information content (AvgIpc) is 2.37. The lowest BCUT2D eigenvalue weighted by molar-refractivity contribution is 0.255. The molecule has 1 rings (SSSR count). The summed E-state index contributed by atoms with van der Waals surface area (Å²) in [6.07, 6.45) is 3.54. The van der Waals surface area contributed by atoms with E-state index in [1.807, 2.05) is 26.8 Å². The van der Waals surface area contributed by atoms with Crippen molar-refractivity contribution in [3.63, 3.8) is 0 Å². The average molecular weight is 278 g/mol. The monoisotopic (exact) mass is 278 g/mol. The Morgan fingerprint density at radius 3 is 2.45 bits per heavy atom. The number of hydrogen-bond donors (Lipinski definition) is 2. The summed E-state index contributed by atoms with van der Waals surface area (Å²) in [6.45, 7) is 6.15. The molecule has 0 atom stereocenters. The number of benzene rings is 1. The van der Waals surface area contributed by atoms with E-state index in [2.05, 4.69) is 10.6 Å². The van der Waals surface area contributed by atoms with Gasteiger partial charge >= 0.3 is 6.03 Å². The van der Waals surface area contributed by atoms with Crippen molar-refractivity contribution in [2.24, 2.45) is 5.41 Å². The molecule has 1 aromatic rings. The van der Waals surface area contributed by atoms with Crippen LogP contribution in [-0.2, 0) is 0 Å². The van der Waals surface area contributed by atoms with E-state index in [4.69, 9.17) is 9.47 Å². The number of nitrogens with one attached hydrogen (secondary N) is 2. The van der Waals surface area contributed by atoms with Crippen molar-refractivity contribution in [3.8, 4) is 11.5 Å². The molecule has 0 aliphatic heterocycles. The second-order valence-corrected chi connectivity index (χ2v) is 5.36. The van der Waals surface area contributed by atoms with Gasteiger partial charge in [-0.3, -0.25) is 0 Å². The summed E-state index contributed by atoms with van der Waals surface area (Å²) in [5.74, 6) is 1.21. The van der Waals surface area contributed by atoms with Crippen molar-refractivity contribution in [1.82, 2.24) is 5.32 Å². The zero-order chi connectivity index (χ0) is 15.2. The molecule has 0 unspecified atom stereocenters. The third-order valence-electron chi connectivity index (χ3n) is 2.45. The lowest BCUT2D eigenvalue weighted by Crippen LogP contribution is -2.24. The third-order valence-corrected chi connectivity index (χ3v) is 2.45. The Morgan fingerprint density at radius 1 is 1.20 bits per heavy atom. The van der Waals surface area contributed by atoms with E-state index in [1.165, 1.54) is 0 Å². The highest BCUT2D eigenvalue weighted by Gasteiger charge is 2.08. The fourth-order valence-corrected chi connectivity index (χ4v) is 1.44. The van der Waals surface area contributed by atoms with E-state index >= 15 is 0 Å². The predicted molar refractivity (Wildman–Crippen MR) is 80.3 cm³/mol. The second kappa shape index (κ2) is 6.84. The van der Waals surface area contributed by atoms with Crippen molar-refractivity contribution < 1.29 is 14.3 Å². The number of carbonyl (C=O) groups excluding carboxylic acids is 1. The zero-order valence-corrected chi connectivity index (χ0v) is 12.6. The fourth-order valence-electron chi connectivity index (χ4n) is 1.44. The number of carbonyl (C=O) groups is 1. The molecule has 0 radical (unpaired) electrons. The molecular formula is C15H22N2O3. The summed E-state index contributed by atoms with van der Waals surface area (Å²) in [4.78, 5) is 11.8. The maximum Gasteiger partial charge on any atom is 0.323 e. The first kappa shape index (κ1) is 15.9. The molecule has 0 saturated heterocycles. The molecule has 0 bridgehead atoms. The Morgan fingerprint density at radius 2 is 1.90 bits per heavy atom. The SMILES string of the molecule is COc1ccc(OC)c(NC(=O)N/C=C/C(C)(C)C)c1. The first-order chi connectivity index (χ1) is 9.35. The third kappa shape index (κ3) is 5.22. The van der Waals surface area contributed by atoms with Crippen LogP contribution >= 0.6 is 0 Å². The van der Waals surface area contributed by atoms with E-state index < -0.39 is 0 Å². The quantitative estimate of drug-likeness (QED) is 0.887. The number of anilines is 1. The lowest BCUT2D eigenvalue weighted by Gasteiger charge is -2.13. The van der Waals surface area contributed by atoms with Crippen LogP contribution in [0.15, 0.2) is 30.5 Å². The molecule has 2 amide bonds. The van der Waals surface area contributed by atoms with Crippen LogP contribution in [0.1, 0.15) is 20.8 Å². The molecule has 5 nitrogen and oxygen atoms in total. The molecule has 0 aromatic heterocycles. The van der Waals surface area contributed by atoms with Gasteiger partial charge < -0.3 is 20.1 Å². The summed E-state index contributed by atoms with van der Waals surface area (Å²) in [7, 11) is 3.11.